The first-order valence-electron chi connectivity index (χ1n) is 11.5. The maximum Gasteiger partial charge on any atom is 0.237 e. The third-order valence-electron chi connectivity index (χ3n) is 6.20. The number of carbonyl (C=O) groups is 1. The highest BCUT2D eigenvalue weighted by atomic mass is 16.5. The van der Waals surface area contributed by atoms with Crippen LogP contribution in [0.2, 0.25) is 0 Å². The third kappa shape index (κ3) is 5.31. The molecule has 32 heavy (non-hydrogen) atoms. The number of piperazine rings is 1. The molecule has 170 valence electrons. The summed E-state index contributed by atoms with van der Waals surface area (Å²) in [4.78, 5) is 16.9. The molecule has 2 aliphatic heterocycles. The summed E-state index contributed by atoms with van der Waals surface area (Å²) in [6.45, 7) is 7.71. The van der Waals surface area contributed by atoms with E-state index in [4.69, 9.17) is 9.47 Å². The molecule has 2 aromatic rings. The summed E-state index contributed by atoms with van der Waals surface area (Å²) in [7, 11) is 1.70. The summed E-state index contributed by atoms with van der Waals surface area (Å²) in [5.74, 6) is 1.99. The van der Waals surface area contributed by atoms with E-state index in [1.807, 2.05) is 18.2 Å². The minimum absolute atomic E-state index is 0.0459. The van der Waals surface area contributed by atoms with Crippen LogP contribution in [0.3, 0.4) is 0 Å². The van der Waals surface area contributed by atoms with Gasteiger partial charge in [-0.3, -0.25) is 14.6 Å². The molecule has 0 saturated carbocycles. The molecule has 0 aromatic heterocycles. The van der Waals surface area contributed by atoms with Crippen LogP contribution in [0, 0.1) is 0 Å². The lowest BCUT2D eigenvalue weighted by atomic mass is 10.1. The van der Waals surface area contributed by atoms with E-state index in [9.17, 15) is 4.79 Å². The van der Waals surface area contributed by atoms with Crippen molar-refractivity contribution in [2.75, 3.05) is 39.9 Å². The smallest absolute Gasteiger partial charge is 0.237 e. The number of ether oxygens (including phenoxy) is 2. The van der Waals surface area contributed by atoms with E-state index in [1.165, 1.54) is 11.1 Å². The third-order valence-corrected chi connectivity index (χ3v) is 6.20. The lowest BCUT2D eigenvalue weighted by Gasteiger charge is -2.34. The quantitative estimate of drug-likeness (QED) is 0.723. The first kappa shape index (κ1) is 22.4. The summed E-state index contributed by atoms with van der Waals surface area (Å²) >= 11 is 0. The zero-order chi connectivity index (χ0) is 22.3. The Morgan fingerprint density at radius 3 is 2.94 bits per heavy atom. The van der Waals surface area contributed by atoms with Crippen LogP contribution >= 0.6 is 0 Å². The molecule has 1 atom stereocenters. The number of hydrogen-bond acceptors (Lipinski definition) is 5. The lowest BCUT2D eigenvalue weighted by Crippen LogP contribution is -2.54. The fraction of sp³-hybridized carbons (Fsp3) is 0.423. The predicted molar refractivity (Wildman–Crippen MR) is 127 cm³/mol. The van der Waals surface area contributed by atoms with Crippen molar-refractivity contribution in [3.63, 3.8) is 0 Å². The molecule has 0 spiro atoms. The highest BCUT2D eigenvalue weighted by Crippen LogP contribution is 2.26. The number of nitrogens with one attached hydrogen (secondary N) is 1. The second-order valence-electron chi connectivity index (χ2n) is 8.36. The molecule has 1 fully saturated rings. The van der Waals surface area contributed by atoms with E-state index in [2.05, 4.69) is 58.5 Å². The van der Waals surface area contributed by atoms with Crippen molar-refractivity contribution in [3.8, 4) is 11.5 Å². The first-order chi connectivity index (χ1) is 15.7. The van der Waals surface area contributed by atoms with Crippen molar-refractivity contribution in [2.24, 2.45) is 0 Å². The van der Waals surface area contributed by atoms with E-state index in [1.54, 1.807) is 7.11 Å². The number of nitrogens with zero attached hydrogens (tertiary/aromatic N) is 2. The molecule has 1 unspecified atom stereocenters. The highest BCUT2D eigenvalue weighted by Gasteiger charge is 2.28. The van der Waals surface area contributed by atoms with Crippen molar-refractivity contribution in [2.45, 2.75) is 32.5 Å². The molecule has 1 N–H and O–H groups in total. The Labute approximate surface area is 190 Å². The average Bonchev–Trinajstić information content (AvgIpc) is 3.01. The molecule has 0 radical (unpaired) electrons. The van der Waals surface area contributed by atoms with Crippen LogP contribution in [0.25, 0.3) is 6.08 Å². The largest absolute Gasteiger partial charge is 0.496 e. The van der Waals surface area contributed by atoms with Crippen molar-refractivity contribution in [3.05, 3.63) is 65.2 Å². The Morgan fingerprint density at radius 2 is 2.09 bits per heavy atom. The van der Waals surface area contributed by atoms with Gasteiger partial charge in [0.2, 0.25) is 5.91 Å². The zero-order valence-corrected chi connectivity index (χ0v) is 19.0. The summed E-state index contributed by atoms with van der Waals surface area (Å²) < 4.78 is 11.5. The SMILES string of the molecule is CCC1C(=O)NCCN1Cc1ccc2c(c1)CN(C/C=C/c1ccccc1OC)CCO2. The highest BCUT2D eigenvalue weighted by molar-refractivity contribution is 5.82. The lowest BCUT2D eigenvalue weighted by molar-refractivity contribution is -0.129. The molecule has 2 aliphatic rings. The fourth-order valence-electron chi connectivity index (χ4n) is 4.52. The van der Waals surface area contributed by atoms with Gasteiger partial charge in [-0.1, -0.05) is 43.3 Å². The Morgan fingerprint density at radius 1 is 1.22 bits per heavy atom. The van der Waals surface area contributed by atoms with Crippen LogP contribution in [-0.2, 0) is 17.9 Å². The van der Waals surface area contributed by atoms with Crippen LogP contribution in [0.1, 0.15) is 30.0 Å². The molecular formula is C26H33N3O3. The summed E-state index contributed by atoms with van der Waals surface area (Å²) in [5, 5.41) is 2.98. The average molecular weight is 436 g/mol. The minimum atomic E-state index is -0.0459. The van der Waals surface area contributed by atoms with Crippen LogP contribution in [0.5, 0.6) is 11.5 Å². The Kier molecular flexibility index (Phi) is 7.45. The molecule has 1 saturated heterocycles. The molecule has 6 heteroatoms. The second-order valence-corrected chi connectivity index (χ2v) is 8.36. The maximum absolute atomic E-state index is 12.2. The van der Waals surface area contributed by atoms with Crippen molar-refractivity contribution in [1.29, 1.82) is 0 Å². The molecule has 1 amide bonds. The molecule has 2 heterocycles. The number of fused-ring (bicyclic) bond motifs is 1. The predicted octanol–water partition coefficient (Wildman–Crippen LogP) is 3.31. The van der Waals surface area contributed by atoms with Gasteiger partial charge in [-0.25, -0.2) is 0 Å². The number of rotatable bonds is 7. The van der Waals surface area contributed by atoms with E-state index in [-0.39, 0.29) is 11.9 Å². The van der Waals surface area contributed by atoms with Gasteiger partial charge in [0.25, 0.3) is 0 Å². The normalized spacial score (nSPS) is 19.8. The van der Waals surface area contributed by atoms with Crippen molar-refractivity contribution in [1.82, 2.24) is 15.1 Å². The van der Waals surface area contributed by atoms with Gasteiger partial charge in [0, 0.05) is 50.4 Å². The molecule has 0 aliphatic carbocycles. The van der Waals surface area contributed by atoms with Gasteiger partial charge >= 0.3 is 0 Å². The molecule has 4 rings (SSSR count). The van der Waals surface area contributed by atoms with E-state index in [0.717, 1.165) is 62.8 Å². The van der Waals surface area contributed by atoms with Crippen LogP contribution in [-0.4, -0.2) is 61.6 Å². The van der Waals surface area contributed by atoms with Gasteiger partial charge in [0.15, 0.2) is 0 Å². The first-order valence-corrected chi connectivity index (χ1v) is 11.5. The van der Waals surface area contributed by atoms with Gasteiger partial charge in [0.05, 0.1) is 13.2 Å². The number of para-hydroxylation sites is 1. The number of methoxy groups -OCH3 is 1. The van der Waals surface area contributed by atoms with Gasteiger partial charge < -0.3 is 14.8 Å². The van der Waals surface area contributed by atoms with Crippen molar-refractivity contribution < 1.29 is 14.3 Å². The Balaban J connectivity index is 1.43. The van der Waals surface area contributed by atoms with Gasteiger partial charge in [0.1, 0.15) is 18.1 Å². The second kappa shape index (κ2) is 10.7. The summed E-state index contributed by atoms with van der Waals surface area (Å²) in [5.41, 5.74) is 3.52. The standard InChI is InChI=1S/C26H33N3O3/c1-3-23-26(30)27-12-14-29(23)18-20-10-11-25-22(17-20)19-28(15-16-32-25)13-6-8-21-7-4-5-9-24(21)31-2/h4-11,17,23H,3,12-16,18-19H2,1-2H3,(H,27,30)/b8-6+. The number of benzene rings is 2. The summed E-state index contributed by atoms with van der Waals surface area (Å²) in [6, 6.07) is 14.5. The molecular weight excluding hydrogens is 402 g/mol. The van der Waals surface area contributed by atoms with Gasteiger partial charge in [-0.2, -0.15) is 0 Å². The maximum atomic E-state index is 12.2. The van der Waals surface area contributed by atoms with Crippen LogP contribution in [0.15, 0.2) is 48.5 Å². The molecule has 6 nitrogen and oxygen atoms in total. The van der Waals surface area contributed by atoms with Gasteiger partial charge in [-0.15, -0.1) is 0 Å². The minimum Gasteiger partial charge on any atom is -0.496 e. The number of amides is 1. The van der Waals surface area contributed by atoms with Crippen LogP contribution in [0.4, 0.5) is 0 Å². The van der Waals surface area contributed by atoms with E-state index in [0.29, 0.717) is 6.61 Å². The Bertz CT molecular complexity index is 959. The van der Waals surface area contributed by atoms with Crippen molar-refractivity contribution >= 4 is 12.0 Å². The molecule has 0 bridgehead atoms. The fourth-order valence-corrected chi connectivity index (χ4v) is 4.52. The Hall–Kier alpha value is -2.83. The summed E-state index contributed by atoms with van der Waals surface area (Å²) in [6.07, 6.45) is 5.13. The van der Waals surface area contributed by atoms with E-state index >= 15 is 0 Å². The number of hydrogen-bond donors (Lipinski definition) is 1. The zero-order valence-electron chi connectivity index (χ0n) is 19.0. The number of carbonyl (C=O) groups excluding carboxylic acids is 1. The topological polar surface area (TPSA) is 54.0 Å². The van der Waals surface area contributed by atoms with Gasteiger partial charge in [-0.05, 0) is 30.2 Å². The molecule has 2 aromatic carbocycles. The monoisotopic (exact) mass is 435 g/mol. The van der Waals surface area contributed by atoms with Crippen LogP contribution < -0.4 is 14.8 Å². The van der Waals surface area contributed by atoms with E-state index < -0.39 is 0 Å².